The molecule has 0 aliphatic rings. The third-order valence-electron chi connectivity index (χ3n) is 4.25. The molecule has 8 heteroatoms. The van der Waals surface area contributed by atoms with Crippen LogP contribution in [0.1, 0.15) is 38.2 Å². The van der Waals surface area contributed by atoms with E-state index >= 15 is 0 Å². The summed E-state index contributed by atoms with van der Waals surface area (Å²) in [5.74, 6) is 0.00596. The number of thiophene rings is 1. The maximum Gasteiger partial charge on any atom is 0.348 e. The number of ketones is 1. The lowest BCUT2D eigenvalue weighted by Gasteiger charge is -2.08. The van der Waals surface area contributed by atoms with Crippen molar-refractivity contribution >= 4 is 29.2 Å². The normalized spacial score (nSPS) is 10.7. The van der Waals surface area contributed by atoms with Crippen LogP contribution < -0.4 is 9.47 Å². The fourth-order valence-corrected chi connectivity index (χ4v) is 3.91. The summed E-state index contributed by atoms with van der Waals surface area (Å²) in [5, 5.41) is 18.9. The summed E-state index contributed by atoms with van der Waals surface area (Å²) < 4.78 is 15.4. The van der Waals surface area contributed by atoms with Gasteiger partial charge in [-0.1, -0.05) is 6.07 Å². The van der Waals surface area contributed by atoms with E-state index in [1.165, 1.54) is 20.3 Å². The molecule has 0 aliphatic heterocycles. The maximum absolute atomic E-state index is 12.7. The number of hydrogen-bond donors (Lipinski definition) is 0. The molecule has 0 saturated heterocycles. The van der Waals surface area contributed by atoms with Crippen LogP contribution in [0.5, 0.6) is 11.5 Å². The van der Waals surface area contributed by atoms with Gasteiger partial charge in [0, 0.05) is 11.3 Å². The molecule has 0 amide bonds. The number of Topliss-reactive ketones (excluding diaryl/α,β-unsaturated/α-hetero) is 1. The minimum atomic E-state index is -0.531. The van der Waals surface area contributed by atoms with Gasteiger partial charge in [-0.05, 0) is 43.2 Å². The summed E-state index contributed by atoms with van der Waals surface area (Å²) in [6.45, 7) is 3.54. The van der Waals surface area contributed by atoms with Gasteiger partial charge in [0.05, 0.1) is 32.0 Å². The molecule has 0 bridgehead atoms. The molecule has 154 valence electrons. The van der Waals surface area contributed by atoms with Crippen molar-refractivity contribution in [1.82, 2.24) is 0 Å². The molecule has 30 heavy (non-hydrogen) atoms. The molecule has 0 radical (unpaired) electrons. The zero-order valence-corrected chi connectivity index (χ0v) is 17.9. The molecule has 1 aromatic heterocycles. The van der Waals surface area contributed by atoms with Crippen LogP contribution in [-0.2, 0) is 16.0 Å². The molecule has 2 aromatic rings. The summed E-state index contributed by atoms with van der Waals surface area (Å²) in [5.41, 5.74) is 1.26. The van der Waals surface area contributed by atoms with Gasteiger partial charge < -0.3 is 14.2 Å². The molecule has 1 heterocycles. The van der Waals surface area contributed by atoms with Gasteiger partial charge in [0.2, 0.25) is 0 Å². The van der Waals surface area contributed by atoms with Crippen molar-refractivity contribution in [2.24, 2.45) is 0 Å². The smallest absolute Gasteiger partial charge is 0.348 e. The Morgan fingerprint density at radius 1 is 1.17 bits per heavy atom. The summed E-state index contributed by atoms with van der Waals surface area (Å²) in [6.07, 6.45) is 1.28. The largest absolute Gasteiger partial charge is 0.493 e. The second kappa shape index (κ2) is 10.2. The van der Waals surface area contributed by atoms with Crippen LogP contribution in [0.25, 0.3) is 6.08 Å². The second-order valence-electron chi connectivity index (χ2n) is 6.07. The van der Waals surface area contributed by atoms with Crippen molar-refractivity contribution in [3.63, 3.8) is 0 Å². The molecule has 0 fully saturated rings. The van der Waals surface area contributed by atoms with Crippen LogP contribution in [-0.4, -0.2) is 32.6 Å². The molecule has 0 saturated carbocycles. The Morgan fingerprint density at radius 2 is 1.87 bits per heavy atom. The first-order valence-electron chi connectivity index (χ1n) is 8.96. The van der Waals surface area contributed by atoms with E-state index in [4.69, 9.17) is 14.2 Å². The molecule has 0 spiro atoms. The number of rotatable bonds is 8. The molecule has 0 atom stereocenters. The van der Waals surface area contributed by atoms with E-state index in [-0.39, 0.29) is 24.2 Å². The van der Waals surface area contributed by atoms with Gasteiger partial charge in [0.1, 0.15) is 17.0 Å². The minimum Gasteiger partial charge on any atom is -0.493 e. The lowest BCUT2D eigenvalue weighted by atomic mass is 10.0. The summed E-state index contributed by atoms with van der Waals surface area (Å²) >= 11 is 1.04. The van der Waals surface area contributed by atoms with Gasteiger partial charge in [0.15, 0.2) is 17.3 Å². The fraction of sp³-hybridized carbons (Fsp3) is 0.273. The molecular weight excluding hydrogens is 404 g/mol. The highest BCUT2D eigenvalue weighted by Gasteiger charge is 2.23. The third kappa shape index (κ3) is 4.86. The minimum absolute atomic E-state index is 0.0742. The SMILES string of the molecule is CCOC(=O)c1sc(CC(=O)/C(C#N)=C/c2ccc(OC)c(OC)c2)c(C#N)c1C. The second-order valence-corrected chi connectivity index (χ2v) is 7.18. The maximum atomic E-state index is 12.7. The summed E-state index contributed by atoms with van der Waals surface area (Å²) in [4.78, 5) is 25.5. The van der Waals surface area contributed by atoms with Gasteiger partial charge in [-0.15, -0.1) is 11.3 Å². The van der Waals surface area contributed by atoms with Crippen LogP contribution in [0.3, 0.4) is 0 Å². The van der Waals surface area contributed by atoms with E-state index < -0.39 is 11.8 Å². The average molecular weight is 424 g/mol. The molecule has 0 aliphatic carbocycles. The number of ether oxygens (including phenoxy) is 3. The Bertz CT molecular complexity index is 1090. The van der Waals surface area contributed by atoms with Crippen LogP contribution in [0.15, 0.2) is 23.8 Å². The van der Waals surface area contributed by atoms with Crippen LogP contribution >= 0.6 is 11.3 Å². The van der Waals surface area contributed by atoms with Crippen molar-refractivity contribution < 1.29 is 23.8 Å². The van der Waals surface area contributed by atoms with Gasteiger partial charge in [0.25, 0.3) is 0 Å². The number of nitriles is 2. The Labute approximate surface area is 178 Å². The number of carbonyl (C=O) groups is 2. The van der Waals surface area contributed by atoms with E-state index in [0.29, 0.717) is 32.4 Å². The van der Waals surface area contributed by atoms with E-state index in [1.54, 1.807) is 32.0 Å². The van der Waals surface area contributed by atoms with Gasteiger partial charge >= 0.3 is 5.97 Å². The average Bonchev–Trinajstić information content (AvgIpc) is 3.06. The lowest BCUT2D eigenvalue weighted by Crippen LogP contribution is -2.05. The molecular formula is C22H20N2O5S. The number of allylic oxidation sites excluding steroid dienone is 1. The van der Waals surface area contributed by atoms with Gasteiger partial charge in [-0.2, -0.15) is 10.5 Å². The third-order valence-corrected chi connectivity index (χ3v) is 5.52. The fourth-order valence-electron chi connectivity index (χ4n) is 2.76. The highest BCUT2D eigenvalue weighted by Crippen LogP contribution is 2.31. The van der Waals surface area contributed by atoms with Gasteiger partial charge in [-0.25, -0.2) is 4.79 Å². The number of nitrogens with zero attached hydrogens (tertiary/aromatic N) is 2. The first-order valence-corrected chi connectivity index (χ1v) is 9.78. The van der Waals surface area contributed by atoms with Crippen LogP contribution in [0, 0.1) is 29.6 Å². The highest BCUT2D eigenvalue weighted by molar-refractivity contribution is 7.14. The first kappa shape index (κ1) is 22.7. The quantitative estimate of drug-likeness (QED) is 0.360. The van der Waals surface area contributed by atoms with Crippen molar-refractivity contribution in [1.29, 1.82) is 10.5 Å². The van der Waals surface area contributed by atoms with Gasteiger partial charge in [-0.3, -0.25) is 4.79 Å². The molecule has 1 aromatic carbocycles. The molecule has 2 rings (SSSR count). The predicted molar refractivity (Wildman–Crippen MR) is 112 cm³/mol. The van der Waals surface area contributed by atoms with Crippen LogP contribution in [0.2, 0.25) is 0 Å². The molecule has 7 nitrogen and oxygen atoms in total. The number of benzene rings is 1. The Balaban J connectivity index is 2.35. The first-order chi connectivity index (χ1) is 14.4. The van der Waals surface area contributed by atoms with Crippen molar-refractivity contribution in [3.05, 3.63) is 50.2 Å². The topological polar surface area (TPSA) is 109 Å². The molecule has 0 unspecified atom stereocenters. The zero-order valence-electron chi connectivity index (χ0n) is 17.1. The predicted octanol–water partition coefficient (Wildman–Crippen LogP) is 3.84. The number of methoxy groups -OCH3 is 2. The zero-order chi connectivity index (χ0) is 22.3. The highest BCUT2D eigenvalue weighted by atomic mass is 32.1. The van der Waals surface area contributed by atoms with E-state index in [2.05, 4.69) is 0 Å². The van der Waals surface area contributed by atoms with E-state index in [1.807, 2.05) is 12.1 Å². The van der Waals surface area contributed by atoms with Crippen LogP contribution in [0.4, 0.5) is 0 Å². The number of carbonyl (C=O) groups excluding carboxylic acids is 2. The Hall–Kier alpha value is -3.62. The number of esters is 1. The summed E-state index contributed by atoms with van der Waals surface area (Å²) in [6, 6.07) is 8.97. The molecule has 0 N–H and O–H groups in total. The Kier molecular flexibility index (Phi) is 7.74. The standard InChI is InChI=1S/C22H20N2O5S/c1-5-29-22(26)21-13(2)16(12-24)20(30-21)10-17(25)15(11-23)8-14-6-7-18(27-3)19(9-14)28-4/h6-9H,5,10H2,1-4H3/b15-8+. The van der Waals surface area contributed by atoms with E-state index in [0.717, 1.165) is 11.3 Å². The Morgan fingerprint density at radius 3 is 2.43 bits per heavy atom. The van der Waals surface area contributed by atoms with Crippen molar-refractivity contribution in [3.8, 4) is 23.6 Å². The van der Waals surface area contributed by atoms with Crippen molar-refractivity contribution in [2.75, 3.05) is 20.8 Å². The monoisotopic (exact) mass is 424 g/mol. The van der Waals surface area contributed by atoms with E-state index in [9.17, 15) is 20.1 Å². The van der Waals surface area contributed by atoms with Crippen molar-refractivity contribution in [2.45, 2.75) is 20.3 Å². The summed E-state index contributed by atoms with van der Waals surface area (Å²) in [7, 11) is 3.00. The lowest BCUT2D eigenvalue weighted by molar-refractivity contribution is -0.114. The number of hydrogen-bond acceptors (Lipinski definition) is 8.